The first-order valence-electron chi connectivity index (χ1n) is 6.84. The first kappa shape index (κ1) is 16.4. The van der Waals surface area contributed by atoms with Gasteiger partial charge in [-0.05, 0) is 26.4 Å². The lowest BCUT2D eigenvalue weighted by molar-refractivity contribution is -0.159. The van der Waals surface area contributed by atoms with Crippen molar-refractivity contribution < 1.29 is 9.53 Å². The summed E-state index contributed by atoms with van der Waals surface area (Å²) in [5.74, 6) is 0.126. The molecule has 2 rings (SSSR count). The van der Waals surface area contributed by atoms with E-state index in [1.165, 1.54) is 0 Å². The lowest BCUT2D eigenvalue weighted by Gasteiger charge is -2.43. The largest absolute Gasteiger partial charge is 0.354 e. The van der Waals surface area contributed by atoms with Gasteiger partial charge in [0.25, 0.3) is 0 Å². The Morgan fingerprint density at radius 3 is 2.47 bits per heavy atom. The molecule has 0 bridgehead atoms. The molecule has 1 unspecified atom stereocenters. The molecule has 2 heterocycles. The summed E-state index contributed by atoms with van der Waals surface area (Å²) in [6, 6.07) is 0. The molecule has 2 aliphatic heterocycles. The summed E-state index contributed by atoms with van der Waals surface area (Å²) < 4.78 is 5.67. The van der Waals surface area contributed by atoms with Crippen LogP contribution in [-0.2, 0) is 9.53 Å². The molecule has 0 saturated carbocycles. The van der Waals surface area contributed by atoms with Crippen LogP contribution < -0.4 is 5.32 Å². The van der Waals surface area contributed by atoms with E-state index in [2.05, 4.69) is 17.3 Å². The normalized spacial score (nSPS) is 28.4. The van der Waals surface area contributed by atoms with Gasteiger partial charge in [0.2, 0.25) is 5.91 Å². The van der Waals surface area contributed by atoms with Gasteiger partial charge in [-0.3, -0.25) is 4.79 Å². The number of rotatable bonds is 0. The Morgan fingerprint density at radius 2 is 1.94 bits per heavy atom. The third-order valence-electron chi connectivity index (χ3n) is 2.72. The molecule has 0 aromatic heterocycles. The molecule has 1 N–H and O–H groups in total. The number of piperidine rings is 1. The zero-order valence-electron chi connectivity index (χ0n) is 12.0. The second-order valence-electron chi connectivity index (χ2n) is 3.98. The van der Waals surface area contributed by atoms with Gasteiger partial charge in [-0.1, -0.05) is 27.7 Å². The molecule has 2 saturated heterocycles. The maximum absolute atomic E-state index is 11.2. The van der Waals surface area contributed by atoms with E-state index in [9.17, 15) is 4.79 Å². The van der Waals surface area contributed by atoms with E-state index in [0.717, 1.165) is 25.9 Å². The van der Waals surface area contributed by atoms with Crippen molar-refractivity contribution in [3.63, 3.8) is 0 Å². The number of nitrogens with zero attached hydrogens (tertiary/aromatic N) is 1. The summed E-state index contributed by atoms with van der Waals surface area (Å²) in [4.78, 5) is 13.4. The fourth-order valence-corrected chi connectivity index (χ4v) is 2.14. The average Bonchev–Trinajstić information content (AvgIpc) is 2.33. The highest BCUT2D eigenvalue weighted by Crippen LogP contribution is 2.24. The maximum atomic E-state index is 11.2. The lowest BCUT2D eigenvalue weighted by atomic mass is 10.0. The van der Waals surface area contributed by atoms with Gasteiger partial charge in [0.1, 0.15) is 0 Å². The standard InChI is InChI=1S/C9H16N2O2.2C2H6/c1-11-5-2-4-9(7-11)10-8(12)3-6-13-9;2*1-2/h2-7H2,1H3,(H,10,12);2*1-2H3. The number of hydrogen-bond donors (Lipinski definition) is 1. The van der Waals surface area contributed by atoms with Gasteiger partial charge in [-0.15, -0.1) is 0 Å². The highest BCUT2D eigenvalue weighted by atomic mass is 16.5. The zero-order valence-corrected chi connectivity index (χ0v) is 12.0. The van der Waals surface area contributed by atoms with Crippen LogP contribution in [0.5, 0.6) is 0 Å². The van der Waals surface area contributed by atoms with Gasteiger partial charge >= 0.3 is 0 Å². The minimum absolute atomic E-state index is 0.126. The second-order valence-corrected chi connectivity index (χ2v) is 3.98. The number of carbonyl (C=O) groups is 1. The van der Waals surface area contributed by atoms with Crippen molar-refractivity contribution in [2.75, 3.05) is 26.7 Å². The van der Waals surface area contributed by atoms with Crippen LogP contribution in [0.2, 0.25) is 0 Å². The quantitative estimate of drug-likeness (QED) is 0.708. The number of likely N-dealkylation sites (tertiary alicyclic amines) is 1. The number of hydrogen-bond acceptors (Lipinski definition) is 3. The summed E-state index contributed by atoms with van der Waals surface area (Å²) in [7, 11) is 2.06. The molecular weight excluding hydrogens is 216 g/mol. The van der Waals surface area contributed by atoms with Crippen LogP contribution in [0.3, 0.4) is 0 Å². The Morgan fingerprint density at radius 1 is 1.29 bits per heavy atom. The zero-order chi connectivity index (χ0) is 13.3. The molecule has 0 radical (unpaired) electrons. The van der Waals surface area contributed by atoms with Crippen LogP contribution in [0.25, 0.3) is 0 Å². The monoisotopic (exact) mass is 244 g/mol. The van der Waals surface area contributed by atoms with Crippen LogP contribution >= 0.6 is 0 Å². The predicted octanol–water partition coefficient (Wildman–Crippen LogP) is 2.00. The number of carbonyl (C=O) groups excluding carboxylic acids is 1. The first-order chi connectivity index (χ1) is 8.20. The van der Waals surface area contributed by atoms with Crippen molar-refractivity contribution in [1.29, 1.82) is 0 Å². The summed E-state index contributed by atoms with van der Waals surface area (Å²) in [6.07, 6.45) is 2.55. The second kappa shape index (κ2) is 8.48. The maximum Gasteiger partial charge on any atom is 0.224 e. The summed E-state index contributed by atoms with van der Waals surface area (Å²) in [5, 5.41) is 2.96. The number of amides is 1. The van der Waals surface area contributed by atoms with Crippen molar-refractivity contribution in [2.45, 2.75) is 52.7 Å². The van der Waals surface area contributed by atoms with Crippen molar-refractivity contribution in [3.05, 3.63) is 0 Å². The molecule has 0 aromatic rings. The van der Waals surface area contributed by atoms with Crippen LogP contribution in [0.15, 0.2) is 0 Å². The van der Waals surface area contributed by atoms with Gasteiger partial charge < -0.3 is 15.0 Å². The van der Waals surface area contributed by atoms with Crippen LogP contribution in [0.1, 0.15) is 47.0 Å². The van der Waals surface area contributed by atoms with Crippen LogP contribution in [-0.4, -0.2) is 43.3 Å². The van der Waals surface area contributed by atoms with Crippen molar-refractivity contribution >= 4 is 5.91 Å². The third-order valence-corrected chi connectivity index (χ3v) is 2.72. The molecule has 1 spiro atoms. The van der Waals surface area contributed by atoms with Gasteiger partial charge in [-0.2, -0.15) is 0 Å². The van der Waals surface area contributed by atoms with Crippen molar-refractivity contribution in [1.82, 2.24) is 10.2 Å². The summed E-state index contributed by atoms with van der Waals surface area (Å²) in [6.45, 7) is 10.5. The van der Waals surface area contributed by atoms with Crippen molar-refractivity contribution in [3.8, 4) is 0 Å². The molecular formula is C13H28N2O2. The van der Waals surface area contributed by atoms with Crippen LogP contribution in [0, 0.1) is 0 Å². The Labute approximate surface area is 106 Å². The van der Waals surface area contributed by atoms with E-state index >= 15 is 0 Å². The average molecular weight is 244 g/mol. The van der Waals surface area contributed by atoms with E-state index in [0.29, 0.717) is 13.0 Å². The highest BCUT2D eigenvalue weighted by Gasteiger charge is 2.38. The molecule has 2 aliphatic rings. The number of likely N-dealkylation sites (N-methyl/N-ethyl adjacent to an activating group) is 1. The Balaban J connectivity index is 0.000000581. The fourth-order valence-electron chi connectivity index (χ4n) is 2.14. The SMILES string of the molecule is CC.CC.CN1CCCC2(C1)NC(=O)CCO2. The van der Waals surface area contributed by atoms with E-state index in [1.807, 2.05) is 27.7 Å². The van der Waals surface area contributed by atoms with Gasteiger partial charge in [-0.25, -0.2) is 0 Å². The number of ether oxygens (including phenoxy) is 1. The molecule has 2 fully saturated rings. The minimum Gasteiger partial charge on any atom is -0.354 e. The topological polar surface area (TPSA) is 41.6 Å². The van der Waals surface area contributed by atoms with Gasteiger partial charge in [0.15, 0.2) is 5.72 Å². The molecule has 1 amide bonds. The fraction of sp³-hybridized carbons (Fsp3) is 0.923. The predicted molar refractivity (Wildman–Crippen MR) is 70.9 cm³/mol. The smallest absolute Gasteiger partial charge is 0.224 e. The molecule has 4 heteroatoms. The first-order valence-corrected chi connectivity index (χ1v) is 6.84. The minimum atomic E-state index is -0.373. The Bertz CT molecular complexity index is 217. The van der Waals surface area contributed by atoms with E-state index in [4.69, 9.17) is 4.74 Å². The van der Waals surface area contributed by atoms with E-state index in [1.54, 1.807) is 0 Å². The molecule has 0 aromatic carbocycles. The molecule has 4 nitrogen and oxygen atoms in total. The molecule has 17 heavy (non-hydrogen) atoms. The summed E-state index contributed by atoms with van der Waals surface area (Å²) in [5.41, 5.74) is -0.373. The summed E-state index contributed by atoms with van der Waals surface area (Å²) >= 11 is 0. The van der Waals surface area contributed by atoms with Crippen LogP contribution in [0.4, 0.5) is 0 Å². The molecule has 102 valence electrons. The number of nitrogens with one attached hydrogen (secondary N) is 1. The molecule has 1 atom stereocenters. The van der Waals surface area contributed by atoms with E-state index < -0.39 is 0 Å². The van der Waals surface area contributed by atoms with E-state index in [-0.39, 0.29) is 11.6 Å². The highest BCUT2D eigenvalue weighted by molar-refractivity contribution is 5.77. The Kier molecular flexibility index (Phi) is 8.17. The third kappa shape index (κ3) is 5.04. The Hall–Kier alpha value is -0.610. The van der Waals surface area contributed by atoms with Gasteiger partial charge in [0, 0.05) is 6.54 Å². The molecule has 0 aliphatic carbocycles. The van der Waals surface area contributed by atoms with Crippen molar-refractivity contribution in [2.24, 2.45) is 0 Å². The lowest BCUT2D eigenvalue weighted by Crippen LogP contribution is -2.62. The van der Waals surface area contributed by atoms with Gasteiger partial charge in [0.05, 0.1) is 13.0 Å².